The molecule has 0 saturated heterocycles. The van der Waals surface area contributed by atoms with Gasteiger partial charge in [-0.1, -0.05) is 12.1 Å². The van der Waals surface area contributed by atoms with Gasteiger partial charge >= 0.3 is 11.7 Å². The lowest BCUT2D eigenvalue weighted by Gasteiger charge is -2.14. The van der Waals surface area contributed by atoms with Gasteiger partial charge in [0, 0.05) is 13.0 Å². The number of ether oxygens (including phenoxy) is 4. The van der Waals surface area contributed by atoms with Gasteiger partial charge < -0.3 is 23.4 Å². The van der Waals surface area contributed by atoms with E-state index in [0.717, 1.165) is 11.1 Å². The Morgan fingerprint density at radius 1 is 1.03 bits per heavy atom. The minimum Gasteiger partial charge on any atom is -0.493 e. The van der Waals surface area contributed by atoms with E-state index >= 15 is 0 Å². The lowest BCUT2D eigenvalue weighted by molar-refractivity contribution is -0.143. The maximum atomic E-state index is 12.1. The molecule has 0 fully saturated rings. The molecule has 0 radical (unpaired) electrons. The Morgan fingerprint density at radius 3 is 2.40 bits per heavy atom. The second-order valence-corrected chi connectivity index (χ2v) is 6.59. The summed E-state index contributed by atoms with van der Waals surface area (Å²) in [6.45, 7) is 0.635. The second kappa shape index (κ2) is 9.87. The van der Waals surface area contributed by atoms with Gasteiger partial charge in [0.05, 0.1) is 33.5 Å². The van der Waals surface area contributed by atoms with Crippen LogP contribution in [0.2, 0.25) is 0 Å². The minimum absolute atomic E-state index is 0.216. The number of hydrogen-bond acceptors (Lipinski definition) is 7. The predicted molar refractivity (Wildman–Crippen MR) is 110 cm³/mol. The monoisotopic (exact) mass is 415 g/mol. The fourth-order valence-electron chi connectivity index (χ4n) is 3.23. The van der Waals surface area contributed by atoms with Crippen LogP contribution in [0.15, 0.2) is 45.6 Å². The van der Waals surface area contributed by atoms with Crippen LogP contribution in [0.3, 0.4) is 0 Å². The molecule has 3 aromatic rings. The summed E-state index contributed by atoms with van der Waals surface area (Å²) in [5.41, 5.74) is 2.15. The molecular weight excluding hydrogens is 390 g/mol. The van der Waals surface area contributed by atoms with E-state index in [9.17, 15) is 9.59 Å². The van der Waals surface area contributed by atoms with Crippen LogP contribution in [0.1, 0.15) is 18.4 Å². The van der Waals surface area contributed by atoms with E-state index in [1.54, 1.807) is 24.9 Å². The van der Waals surface area contributed by atoms with Gasteiger partial charge in [-0.15, -0.1) is 0 Å². The molecule has 1 heterocycles. The summed E-state index contributed by atoms with van der Waals surface area (Å²) >= 11 is 0. The smallest absolute Gasteiger partial charge is 0.419 e. The number of nitrogens with zero attached hydrogens (tertiary/aromatic N) is 1. The van der Waals surface area contributed by atoms with E-state index in [2.05, 4.69) is 0 Å². The fraction of sp³-hybridized carbons (Fsp3) is 0.364. The van der Waals surface area contributed by atoms with Gasteiger partial charge in [0.25, 0.3) is 0 Å². The molecule has 160 valence electrons. The van der Waals surface area contributed by atoms with Crippen molar-refractivity contribution >= 4 is 17.1 Å². The molecule has 0 saturated carbocycles. The summed E-state index contributed by atoms with van der Waals surface area (Å²) in [7, 11) is 4.63. The average Bonchev–Trinajstić information content (AvgIpc) is 3.09. The number of aromatic nitrogens is 1. The van der Waals surface area contributed by atoms with Crippen molar-refractivity contribution in [3.05, 3.63) is 52.5 Å². The van der Waals surface area contributed by atoms with Crippen molar-refractivity contribution in [3.63, 3.8) is 0 Å². The van der Waals surface area contributed by atoms with E-state index < -0.39 is 5.76 Å². The van der Waals surface area contributed by atoms with Crippen molar-refractivity contribution in [2.75, 3.05) is 27.9 Å². The number of para-hydroxylation sites is 2. The minimum atomic E-state index is -0.412. The van der Waals surface area contributed by atoms with Gasteiger partial charge in [0.1, 0.15) is 0 Å². The number of carbonyl (C=O) groups excluding carboxylic acids is 1. The Morgan fingerprint density at radius 2 is 1.73 bits per heavy atom. The highest BCUT2D eigenvalue weighted by Crippen LogP contribution is 2.38. The largest absolute Gasteiger partial charge is 0.493 e. The maximum Gasteiger partial charge on any atom is 0.419 e. The molecule has 3 rings (SSSR count). The van der Waals surface area contributed by atoms with Crippen LogP contribution in [0.5, 0.6) is 17.2 Å². The van der Waals surface area contributed by atoms with Gasteiger partial charge in [-0.2, -0.15) is 0 Å². The Balaban J connectivity index is 1.49. The number of rotatable bonds is 10. The summed E-state index contributed by atoms with van der Waals surface area (Å²) in [6, 6.07) is 10.8. The molecule has 0 unspecified atom stereocenters. The quantitative estimate of drug-likeness (QED) is 0.371. The normalized spacial score (nSPS) is 10.8. The fourth-order valence-corrected chi connectivity index (χ4v) is 3.23. The molecule has 8 heteroatoms. The molecule has 0 atom stereocenters. The number of oxazole rings is 1. The number of carbonyl (C=O) groups is 1. The number of fused-ring (bicyclic) bond motifs is 1. The highest BCUT2D eigenvalue weighted by molar-refractivity contribution is 5.72. The SMILES string of the molecule is COc1cc(CCC(=O)OCCCn2c(=O)oc3ccccc32)cc(OC)c1OC. The van der Waals surface area contributed by atoms with E-state index in [4.69, 9.17) is 23.4 Å². The highest BCUT2D eigenvalue weighted by Gasteiger charge is 2.14. The summed E-state index contributed by atoms with van der Waals surface area (Å²) in [5.74, 6) is 0.863. The van der Waals surface area contributed by atoms with E-state index in [1.807, 2.05) is 30.3 Å². The Hall–Kier alpha value is -3.42. The first-order chi connectivity index (χ1) is 14.6. The number of esters is 1. The molecular formula is C22H25NO7. The van der Waals surface area contributed by atoms with Gasteiger partial charge in [0.15, 0.2) is 17.1 Å². The standard InChI is InChI=1S/C22H25NO7/c1-26-18-13-15(14-19(27-2)21(18)28-3)9-10-20(24)29-12-6-11-23-16-7-4-5-8-17(16)30-22(23)25/h4-5,7-8,13-14H,6,9-12H2,1-3H3. The molecule has 8 nitrogen and oxygen atoms in total. The topological polar surface area (TPSA) is 89.1 Å². The first-order valence-electron chi connectivity index (χ1n) is 9.60. The molecule has 1 aromatic heterocycles. The van der Waals surface area contributed by atoms with Gasteiger partial charge in [-0.05, 0) is 42.7 Å². The van der Waals surface area contributed by atoms with Crippen LogP contribution in [-0.2, 0) is 22.5 Å². The van der Waals surface area contributed by atoms with E-state index in [-0.39, 0.29) is 19.0 Å². The van der Waals surface area contributed by atoms with Gasteiger partial charge in [-0.25, -0.2) is 4.79 Å². The summed E-state index contributed by atoms with van der Waals surface area (Å²) in [6.07, 6.45) is 1.20. The van der Waals surface area contributed by atoms with E-state index in [1.165, 1.54) is 7.11 Å². The van der Waals surface area contributed by atoms with Crippen LogP contribution in [0.25, 0.3) is 11.1 Å². The second-order valence-electron chi connectivity index (χ2n) is 6.59. The van der Waals surface area contributed by atoms with Crippen molar-refractivity contribution in [3.8, 4) is 17.2 Å². The molecule has 0 N–H and O–H groups in total. The number of benzene rings is 2. The third kappa shape index (κ3) is 4.76. The third-order valence-corrected chi connectivity index (χ3v) is 4.71. The summed E-state index contributed by atoms with van der Waals surface area (Å²) < 4.78 is 28.0. The van der Waals surface area contributed by atoms with Crippen LogP contribution < -0.4 is 20.0 Å². The van der Waals surface area contributed by atoms with Crippen molar-refractivity contribution in [2.45, 2.75) is 25.8 Å². The summed E-state index contributed by atoms with van der Waals surface area (Å²) in [4.78, 5) is 24.0. The zero-order chi connectivity index (χ0) is 21.5. The lowest BCUT2D eigenvalue weighted by Crippen LogP contribution is -2.16. The van der Waals surface area contributed by atoms with Crippen molar-refractivity contribution in [1.82, 2.24) is 4.57 Å². The van der Waals surface area contributed by atoms with Gasteiger partial charge in [-0.3, -0.25) is 9.36 Å². The third-order valence-electron chi connectivity index (χ3n) is 4.71. The van der Waals surface area contributed by atoms with Crippen molar-refractivity contribution in [1.29, 1.82) is 0 Å². The maximum absolute atomic E-state index is 12.1. The summed E-state index contributed by atoms with van der Waals surface area (Å²) in [5, 5.41) is 0. The molecule has 0 aliphatic carbocycles. The Kier molecular flexibility index (Phi) is 7.00. The molecule has 2 aromatic carbocycles. The molecule has 0 spiro atoms. The Labute approximate surface area is 173 Å². The molecule has 0 bridgehead atoms. The predicted octanol–water partition coefficient (Wildman–Crippen LogP) is 3.19. The van der Waals surface area contributed by atoms with Crippen LogP contribution in [-0.4, -0.2) is 38.5 Å². The molecule has 0 aliphatic rings. The molecule has 30 heavy (non-hydrogen) atoms. The van der Waals surface area contributed by atoms with Crippen LogP contribution >= 0.6 is 0 Å². The number of methoxy groups -OCH3 is 3. The number of aryl methyl sites for hydroxylation is 2. The first kappa shape index (κ1) is 21.3. The van der Waals surface area contributed by atoms with Crippen LogP contribution in [0.4, 0.5) is 0 Å². The van der Waals surface area contributed by atoms with E-state index in [0.29, 0.717) is 42.2 Å². The lowest BCUT2D eigenvalue weighted by atomic mass is 10.1. The van der Waals surface area contributed by atoms with Gasteiger partial charge in [0.2, 0.25) is 5.75 Å². The van der Waals surface area contributed by atoms with Crippen molar-refractivity contribution in [2.24, 2.45) is 0 Å². The molecule has 0 amide bonds. The van der Waals surface area contributed by atoms with Crippen LogP contribution in [0, 0.1) is 0 Å². The van der Waals surface area contributed by atoms with Crippen molar-refractivity contribution < 1.29 is 28.2 Å². The average molecular weight is 415 g/mol. The first-order valence-corrected chi connectivity index (χ1v) is 9.60. The number of hydrogen-bond donors (Lipinski definition) is 0. The molecule has 0 aliphatic heterocycles. The highest BCUT2D eigenvalue weighted by atomic mass is 16.5. The Bertz CT molecular complexity index is 1040. The zero-order valence-electron chi connectivity index (χ0n) is 17.3. The zero-order valence-corrected chi connectivity index (χ0v) is 17.3.